The third kappa shape index (κ3) is 9.19. The Kier molecular flexibility index (Phi) is 11.0. The lowest BCUT2D eigenvalue weighted by molar-refractivity contribution is -0.130. The summed E-state index contributed by atoms with van der Waals surface area (Å²) in [4.78, 5) is 32.9. The zero-order valence-electron chi connectivity index (χ0n) is 23.2. The van der Waals surface area contributed by atoms with Gasteiger partial charge in [0.25, 0.3) is 0 Å². The molecular formula is C28H36Cl2N4O5S. The lowest BCUT2D eigenvalue weighted by atomic mass is 10.1. The Morgan fingerprint density at radius 2 is 1.80 bits per heavy atom. The first-order valence-corrected chi connectivity index (χ1v) is 15.4. The molecule has 218 valence electrons. The number of ether oxygens (including phenoxy) is 1. The van der Waals surface area contributed by atoms with Crippen molar-refractivity contribution >= 4 is 50.9 Å². The molecule has 1 N–H and O–H groups in total. The van der Waals surface area contributed by atoms with Crippen molar-refractivity contribution in [3.63, 3.8) is 0 Å². The monoisotopic (exact) mass is 610 g/mol. The predicted octanol–water partition coefficient (Wildman–Crippen LogP) is 5.14. The Morgan fingerprint density at radius 1 is 1.10 bits per heavy atom. The minimum absolute atomic E-state index is 0.000845. The van der Waals surface area contributed by atoms with Crippen LogP contribution in [0.5, 0.6) is 0 Å². The molecule has 0 aromatic heterocycles. The van der Waals surface area contributed by atoms with Gasteiger partial charge in [-0.1, -0.05) is 47.5 Å². The molecule has 0 bridgehead atoms. The van der Waals surface area contributed by atoms with Gasteiger partial charge in [0, 0.05) is 30.6 Å². The molecule has 1 aliphatic rings. The highest BCUT2D eigenvalue weighted by Crippen LogP contribution is 2.25. The number of hydrogen-bond acceptors (Lipinski definition) is 7. The molecule has 0 saturated heterocycles. The number of carbonyl (C=O) groups is 2. The summed E-state index contributed by atoms with van der Waals surface area (Å²) in [5.41, 5.74) is 1.18. The van der Waals surface area contributed by atoms with Gasteiger partial charge in [-0.2, -0.15) is 0 Å². The number of hydrogen-bond donors (Lipinski definition) is 1. The highest BCUT2D eigenvalue weighted by atomic mass is 35.5. The Morgan fingerprint density at radius 3 is 2.45 bits per heavy atom. The van der Waals surface area contributed by atoms with Crippen LogP contribution in [0.15, 0.2) is 52.4 Å². The SMILES string of the molecule is CN(Cc1ccc(C2=NCCN2C(=O)OC(C)(C)C)cc1)C(=O)CCCCNCS(=O)(=O)c1ccc(Cl)cc1Cl. The molecule has 0 aliphatic carbocycles. The number of sulfone groups is 1. The molecule has 0 saturated carbocycles. The number of carbonyl (C=O) groups excluding carboxylic acids is 2. The normalized spacial score (nSPS) is 13.8. The molecule has 1 aliphatic heterocycles. The van der Waals surface area contributed by atoms with E-state index in [0.29, 0.717) is 56.3 Å². The summed E-state index contributed by atoms with van der Waals surface area (Å²) in [6.45, 7) is 7.38. The largest absolute Gasteiger partial charge is 0.443 e. The second-order valence-corrected chi connectivity index (χ2v) is 13.4. The number of nitrogens with one attached hydrogen (secondary N) is 1. The van der Waals surface area contributed by atoms with E-state index in [2.05, 4.69) is 10.3 Å². The maximum absolute atomic E-state index is 12.6. The molecule has 40 heavy (non-hydrogen) atoms. The maximum atomic E-state index is 12.6. The number of rotatable bonds is 11. The van der Waals surface area contributed by atoms with E-state index in [4.69, 9.17) is 27.9 Å². The number of unbranched alkanes of at least 4 members (excludes halogenated alkanes) is 1. The van der Waals surface area contributed by atoms with Crippen molar-refractivity contribution in [1.82, 2.24) is 15.1 Å². The Bertz CT molecular complexity index is 1340. The first-order valence-electron chi connectivity index (χ1n) is 13.0. The van der Waals surface area contributed by atoms with Gasteiger partial charge in [-0.3, -0.25) is 14.7 Å². The number of amidine groups is 1. The third-order valence-electron chi connectivity index (χ3n) is 6.03. The molecule has 0 unspecified atom stereocenters. The molecule has 12 heteroatoms. The summed E-state index contributed by atoms with van der Waals surface area (Å²) in [6, 6.07) is 11.9. The van der Waals surface area contributed by atoms with Gasteiger partial charge in [0.1, 0.15) is 17.3 Å². The van der Waals surface area contributed by atoms with Gasteiger partial charge < -0.3 is 15.0 Å². The molecule has 0 radical (unpaired) electrons. The van der Waals surface area contributed by atoms with E-state index in [-0.39, 0.29) is 21.7 Å². The Balaban J connectivity index is 1.40. The smallest absolute Gasteiger partial charge is 0.416 e. The van der Waals surface area contributed by atoms with Crippen LogP contribution in [0.3, 0.4) is 0 Å². The quantitative estimate of drug-likeness (QED) is 0.353. The van der Waals surface area contributed by atoms with Crippen molar-refractivity contribution in [3.8, 4) is 0 Å². The molecule has 0 fully saturated rings. The van der Waals surface area contributed by atoms with Gasteiger partial charge in [0.05, 0.1) is 23.0 Å². The van der Waals surface area contributed by atoms with Crippen molar-refractivity contribution in [2.24, 2.45) is 4.99 Å². The summed E-state index contributed by atoms with van der Waals surface area (Å²) in [6.07, 6.45) is 1.21. The van der Waals surface area contributed by atoms with Gasteiger partial charge in [-0.15, -0.1) is 0 Å². The molecule has 1 heterocycles. The average Bonchev–Trinajstić information content (AvgIpc) is 3.35. The first-order chi connectivity index (χ1) is 18.8. The topological polar surface area (TPSA) is 108 Å². The fraction of sp³-hybridized carbons (Fsp3) is 0.464. The maximum Gasteiger partial charge on any atom is 0.416 e. The Labute approximate surface area is 246 Å². The second kappa shape index (κ2) is 13.8. The summed E-state index contributed by atoms with van der Waals surface area (Å²) < 4.78 is 30.5. The van der Waals surface area contributed by atoms with Gasteiger partial charge in [-0.25, -0.2) is 13.2 Å². The number of amides is 2. The fourth-order valence-electron chi connectivity index (χ4n) is 4.04. The van der Waals surface area contributed by atoms with Gasteiger partial charge in [0.2, 0.25) is 5.91 Å². The second-order valence-electron chi connectivity index (χ2n) is 10.6. The van der Waals surface area contributed by atoms with E-state index in [1.165, 1.54) is 18.2 Å². The molecule has 2 aromatic rings. The molecule has 0 spiro atoms. The molecular weight excluding hydrogens is 575 g/mol. The zero-order chi connectivity index (χ0) is 29.5. The minimum atomic E-state index is -3.59. The highest BCUT2D eigenvalue weighted by Gasteiger charge is 2.29. The van der Waals surface area contributed by atoms with Gasteiger partial charge in [0.15, 0.2) is 9.84 Å². The van der Waals surface area contributed by atoms with Gasteiger partial charge in [-0.05, 0) is 63.9 Å². The van der Waals surface area contributed by atoms with Crippen LogP contribution in [0.25, 0.3) is 0 Å². The van der Waals surface area contributed by atoms with Crippen molar-refractivity contribution in [2.45, 2.75) is 57.1 Å². The Hall–Kier alpha value is -2.66. The van der Waals surface area contributed by atoms with Crippen molar-refractivity contribution < 1.29 is 22.7 Å². The summed E-state index contributed by atoms with van der Waals surface area (Å²) in [5.74, 6) is 0.337. The van der Waals surface area contributed by atoms with Crippen LogP contribution in [0.4, 0.5) is 4.79 Å². The molecule has 2 amide bonds. The van der Waals surface area contributed by atoms with E-state index >= 15 is 0 Å². The number of halogens is 2. The van der Waals surface area contributed by atoms with E-state index in [0.717, 1.165) is 11.1 Å². The summed E-state index contributed by atoms with van der Waals surface area (Å²) in [7, 11) is -1.84. The first kappa shape index (κ1) is 31.9. The average molecular weight is 612 g/mol. The minimum Gasteiger partial charge on any atom is -0.443 e. The molecule has 0 atom stereocenters. The fourth-order valence-corrected chi connectivity index (χ4v) is 6.00. The van der Waals surface area contributed by atoms with Crippen LogP contribution in [0.1, 0.15) is 51.2 Å². The van der Waals surface area contributed by atoms with Crippen molar-refractivity contribution in [2.75, 3.05) is 32.6 Å². The molecule has 3 rings (SSSR count). The third-order valence-corrected chi connectivity index (χ3v) is 8.30. The van der Waals surface area contributed by atoms with Crippen molar-refractivity contribution in [3.05, 3.63) is 63.6 Å². The van der Waals surface area contributed by atoms with E-state index < -0.39 is 21.5 Å². The lowest BCUT2D eigenvalue weighted by Crippen LogP contribution is -2.39. The molecule has 2 aromatic carbocycles. The van der Waals surface area contributed by atoms with Crippen LogP contribution in [-0.4, -0.2) is 74.2 Å². The lowest BCUT2D eigenvalue weighted by Gasteiger charge is -2.25. The highest BCUT2D eigenvalue weighted by molar-refractivity contribution is 7.91. The predicted molar refractivity (Wildman–Crippen MR) is 158 cm³/mol. The van der Waals surface area contributed by atoms with Crippen LogP contribution in [-0.2, 0) is 25.9 Å². The van der Waals surface area contributed by atoms with Gasteiger partial charge >= 0.3 is 6.09 Å². The summed E-state index contributed by atoms with van der Waals surface area (Å²) in [5, 5.41) is 3.37. The number of benzene rings is 2. The number of aliphatic imine (C=N–C) groups is 1. The van der Waals surface area contributed by atoms with Crippen LogP contribution >= 0.6 is 23.2 Å². The number of nitrogens with zero attached hydrogens (tertiary/aromatic N) is 3. The summed E-state index contributed by atoms with van der Waals surface area (Å²) >= 11 is 11.9. The van der Waals surface area contributed by atoms with E-state index in [1.54, 1.807) is 16.8 Å². The van der Waals surface area contributed by atoms with E-state index in [1.807, 2.05) is 45.0 Å². The van der Waals surface area contributed by atoms with Crippen molar-refractivity contribution in [1.29, 1.82) is 0 Å². The van der Waals surface area contributed by atoms with Crippen LogP contribution < -0.4 is 5.32 Å². The van der Waals surface area contributed by atoms with Crippen LogP contribution in [0, 0.1) is 0 Å². The van der Waals surface area contributed by atoms with Crippen LogP contribution in [0.2, 0.25) is 10.0 Å². The standard InChI is InChI=1S/C28H36Cl2N4O5S/c1-28(2,3)39-27(36)34-16-15-32-26(34)21-10-8-20(9-11-21)18-33(4)25(35)7-5-6-14-31-19-40(37,38)24-13-12-22(29)17-23(24)30/h8-13,17,31H,5-7,14-16,18-19H2,1-4H3. The molecule has 9 nitrogen and oxygen atoms in total. The van der Waals surface area contributed by atoms with E-state index in [9.17, 15) is 18.0 Å². The zero-order valence-corrected chi connectivity index (χ0v) is 25.6.